The minimum absolute atomic E-state index is 0.121. The lowest BCUT2D eigenvalue weighted by molar-refractivity contribution is -0.126. The zero-order valence-corrected chi connectivity index (χ0v) is 12.9. The molecule has 0 aromatic heterocycles. The van der Waals surface area contributed by atoms with Gasteiger partial charge in [0.1, 0.15) is 0 Å². The van der Waals surface area contributed by atoms with Crippen LogP contribution < -0.4 is 5.32 Å². The molecule has 4 heteroatoms. The molecule has 0 aliphatic carbocycles. The number of nitrogens with zero attached hydrogens (tertiary/aromatic N) is 2. The fourth-order valence-electron chi connectivity index (χ4n) is 3.54. The zero-order chi connectivity index (χ0) is 14.0. The topological polar surface area (TPSA) is 35.6 Å². The normalized spacial score (nSPS) is 27.7. The molecule has 0 radical (unpaired) electrons. The Kier molecular flexibility index (Phi) is 4.51. The quantitative estimate of drug-likeness (QED) is 0.823. The first kappa shape index (κ1) is 14.8. The molecule has 0 aromatic rings. The van der Waals surface area contributed by atoms with Crippen LogP contribution in [-0.4, -0.2) is 60.0 Å². The van der Waals surface area contributed by atoms with E-state index in [0.29, 0.717) is 6.04 Å². The largest absolute Gasteiger partial charge is 0.358 e. The van der Waals surface area contributed by atoms with E-state index in [1.165, 1.54) is 12.8 Å². The average Bonchev–Trinajstić information content (AvgIpc) is 2.86. The van der Waals surface area contributed by atoms with Crippen molar-refractivity contribution >= 4 is 5.91 Å². The molecule has 1 atom stereocenters. The smallest absolute Gasteiger partial charge is 0.237 e. The number of likely N-dealkylation sites (N-methyl/N-ethyl adjacent to an activating group) is 1. The maximum absolute atomic E-state index is 11.9. The van der Waals surface area contributed by atoms with Gasteiger partial charge in [0.2, 0.25) is 5.91 Å². The second-order valence-corrected chi connectivity index (χ2v) is 6.90. The SMILES string of the molecule is CNC(=O)C1CCCN1C1CCN(C(C)(C)C)CC1. The van der Waals surface area contributed by atoms with Crippen LogP contribution in [0.15, 0.2) is 0 Å². The minimum Gasteiger partial charge on any atom is -0.358 e. The molecule has 0 bridgehead atoms. The van der Waals surface area contributed by atoms with Crippen molar-refractivity contribution in [2.75, 3.05) is 26.7 Å². The summed E-state index contributed by atoms with van der Waals surface area (Å²) in [7, 11) is 1.75. The lowest BCUT2D eigenvalue weighted by Gasteiger charge is -2.44. The van der Waals surface area contributed by atoms with Gasteiger partial charge in [-0.1, -0.05) is 0 Å². The number of amides is 1. The first-order valence-electron chi connectivity index (χ1n) is 7.66. The Labute approximate surface area is 117 Å². The Bertz CT molecular complexity index is 316. The molecule has 110 valence electrons. The predicted octanol–water partition coefficient (Wildman–Crippen LogP) is 1.46. The fourth-order valence-corrected chi connectivity index (χ4v) is 3.54. The van der Waals surface area contributed by atoms with Crippen LogP contribution in [0.1, 0.15) is 46.5 Å². The van der Waals surface area contributed by atoms with Gasteiger partial charge in [-0.25, -0.2) is 0 Å². The van der Waals surface area contributed by atoms with Gasteiger partial charge in [0.15, 0.2) is 0 Å². The summed E-state index contributed by atoms with van der Waals surface area (Å²) < 4.78 is 0. The van der Waals surface area contributed by atoms with Gasteiger partial charge < -0.3 is 5.32 Å². The Morgan fingerprint density at radius 3 is 2.26 bits per heavy atom. The van der Waals surface area contributed by atoms with Gasteiger partial charge in [0, 0.05) is 31.7 Å². The molecule has 2 rings (SSSR count). The van der Waals surface area contributed by atoms with E-state index in [9.17, 15) is 4.79 Å². The first-order valence-corrected chi connectivity index (χ1v) is 7.66. The molecule has 1 amide bonds. The highest BCUT2D eigenvalue weighted by Crippen LogP contribution is 2.28. The number of likely N-dealkylation sites (tertiary alicyclic amines) is 2. The van der Waals surface area contributed by atoms with Gasteiger partial charge >= 0.3 is 0 Å². The number of carbonyl (C=O) groups excluding carboxylic acids is 1. The monoisotopic (exact) mass is 267 g/mol. The van der Waals surface area contributed by atoms with Crippen molar-refractivity contribution in [3.8, 4) is 0 Å². The lowest BCUT2D eigenvalue weighted by Crippen LogP contribution is -2.53. The van der Waals surface area contributed by atoms with Crippen LogP contribution in [0, 0.1) is 0 Å². The Morgan fingerprint density at radius 1 is 1.11 bits per heavy atom. The summed E-state index contributed by atoms with van der Waals surface area (Å²) in [5, 5.41) is 2.82. The minimum atomic E-state index is 0.121. The summed E-state index contributed by atoms with van der Waals surface area (Å²) in [6.07, 6.45) is 4.59. The van der Waals surface area contributed by atoms with Crippen molar-refractivity contribution in [2.24, 2.45) is 0 Å². The third kappa shape index (κ3) is 3.29. The van der Waals surface area contributed by atoms with Crippen LogP contribution in [0.2, 0.25) is 0 Å². The van der Waals surface area contributed by atoms with Gasteiger partial charge in [-0.2, -0.15) is 0 Å². The van der Waals surface area contributed by atoms with Crippen molar-refractivity contribution in [3.63, 3.8) is 0 Å². The molecular formula is C15H29N3O. The number of hydrogen-bond donors (Lipinski definition) is 1. The molecule has 2 fully saturated rings. The van der Waals surface area contributed by atoms with Crippen molar-refractivity contribution < 1.29 is 4.79 Å². The van der Waals surface area contributed by atoms with E-state index in [0.717, 1.165) is 32.5 Å². The van der Waals surface area contributed by atoms with Crippen LogP contribution in [0.3, 0.4) is 0 Å². The Morgan fingerprint density at radius 2 is 1.74 bits per heavy atom. The molecule has 2 aliphatic rings. The second-order valence-electron chi connectivity index (χ2n) is 6.90. The molecule has 0 aromatic carbocycles. The molecule has 0 saturated carbocycles. The highest BCUT2D eigenvalue weighted by atomic mass is 16.2. The van der Waals surface area contributed by atoms with Gasteiger partial charge in [0.25, 0.3) is 0 Å². The Hall–Kier alpha value is -0.610. The molecule has 1 N–H and O–H groups in total. The maximum atomic E-state index is 11.9. The Balaban J connectivity index is 1.92. The van der Waals surface area contributed by atoms with Crippen LogP contribution in [-0.2, 0) is 4.79 Å². The molecule has 2 aliphatic heterocycles. The number of rotatable bonds is 2. The van der Waals surface area contributed by atoms with Crippen LogP contribution in [0.5, 0.6) is 0 Å². The van der Waals surface area contributed by atoms with E-state index < -0.39 is 0 Å². The lowest BCUT2D eigenvalue weighted by atomic mass is 9.96. The van der Waals surface area contributed by atoms with Crippen molar-refractivity contribution in [1.29, 1.82) is 0 Å². The summed E-state index contributed by atoms with van der Waals surface area (Å²) in [6, 6.07) is 0.722. The first-order chi connectivity index (χ1) is 8.93. The molecule has 4 nitrogen and oxygen atoms in total. The van der Waals surface area contributed by atoms with E-state index in [2.05, 4.69) is 35.9 Å². The van der Waals surface area contributed by atoms with Gasteiger partial charge in [0.05, 0.1) is 6.04 Å². The van der Waals surface area contributed by atoms with E-state index in [1.807, 2.05) is 0 Å². The highest BCUT2D eigenvalue weighted by molar-refractivity contribution is 5.81. The zero-order valence-electron chi connectivity index (χ0n) is 12.9. The van der Waals surface area contributed by atoms with Gasteiger partial charge in [-0.15, -0.1) is 0 Å². The van der Waals surface area contributed by atoms with Crippen molar-refractivity contribution in [2.45, 2.75) is 64.1 Å². The van der Waals surface area contributed by atoms with E-state index >= 15 is 0 Å². The van der Waals surface area contributed by atoms with Crippen molar-refractivity contribution in [3.05, 3.63) is 0 Å². The molecular weight excluding hydrogens is 238 g/mol. The number of carbonyl (C=O) groups is 1. The summed E-state index contributed by atoms with van der Waals surface area (Å²) in [4.78, 5) is 16.9. The standard InChI is InChI=1S/C15H29N3O/c1-15(2,3)17-10-7-12(8-11-17)18-9-5-6-13(18)14(19)16-4/h12-13H,5-11H2,1-4H3,(H,16,19). The molecule has 2 heterocycles. The summed E-state index contributed by atoms with van der Waals surface area (Å²) in [5.74, 6) is 0.204. The summed E-state index contributed by atoms with van der Waals surface area (Å²) in [5.41, 5.74) is 0.274. The maximum Gasteiger partial charge on any atom is 0.237 e. The average molecular weight is 267 g/mol. The highest BCUT2D eigenvalue weighted by Gasteiger charge is 2.37. The third-order valence-electron chi connectivity index (χ3n) is 4.73. The van der Waals surface area contributed by atoms with Crippen LogP contribution in [0.4, 0.5) is 0 Å². The van der Waals surface area contributed by atoms with Gasteiger partial charge in [-0.3, -0.25) is 14.6 Å². The molecule has 2 saturated heterocycles. The fraction of sp³-hybridized carbons (Fsp3) is 0.933. The predicted molar refractivity (Wildman–Crippen MR) is 78.1 cm³/mol. The van der Waals surface area contributed by atoms with Crippen LogP contribution in [0.25, 0.3) is 0 Å². The molecule has 19 heavy (non-hydrogen) atoms. The number of piperidine rings is 1. The van der Waals surface area contributed by atoms with Crippen LogP contribution >= 0.6 is 0 Å². The van der Waals surface area contributed by atoms with E-state index in [1.54, 1.807) is 7.05 Å². The van der Waals surface area contributed by atoms with E-state index in [4.69, 9.17) is 0 Å². The molecule has 0 spiro atoms. The van der Waals surface area contributed by atoms with Gasteiger partial charge in [-0.05, 0) is 53.0 Å². The summed E-state index contributed by atoms with van der Waals surface area (Å²) in [6.45, 7) is 10.3. The number of hydrogen-bond acceptors (Lipinski definition) is 3. The number of nitrogens with one attached hydrogen (secondary N) is 1. The summed E-state index contributed by atoms with van der Waals surface area (Å²) >= 11 is 0. The van der Waals surface area contributed by atoms with E-state index in [-0.39, 0.29) is 17.5 Å². The second kappa shape index (κ2) is 5.80. The third-order valence-corrected chi connectivity index (χ3v) is 4.73. The molecule has 1 unspecified atom stereocenters. The van der Waals surface area contributed by atoms with Crippen molar-refractivity contribution in [1.82, 2.24) is 15.1 Å².